The van der Waals surface area contributed by atoms with Crippen molar-refractivity contribution < 1.29 is 0 Å². The van der Waals surface area contributed by atoms with Crippen LogP contribution in [0.25, 0.3) is 0 Å². The fraction of sp³-hybridized carbons (Fsp3) is 0.0909. The SMILES string of the molecule is C/C(=N/Nc1cnccn1)c1ccncc1. The molecule has 2 aromatic rings. The van der Waals surface area contributed by atoms with Crippen LogP contribution in [0.2, 0.25) is 0 Å². The predicted octanol–water partition coefficient (Wildman–Crippen LogP) is 1.71. The molecular weight excluding hydrogens is 202 g/mol. The van der Waals surface area contributed by atoms with Crippen molar-refractivity contribution in [2.45, 2.75) is 6.92 Å². The molecule has 0 saturated heterocycles. The van der Waals surface area contributed by atoms with Crippen molar-refractivity contribution in [2.75, 3.05) is 5.43 Å². The van der Waals surface area contributed by atoms with Crippen LogP contribution in [0.15, 0.2) is 48.2 Å². The molecule has 0 bridgehead atoms. The molecule has 0 radical (unpaired) electrons. The predicted molar refractivity (Wildman–Crippen MR) is 62.1 cm³/mol. The Bertz CT molecular complexity index is 466. The van der Waals surface area contributed by atoms with Gasteiger partial charge in [-0.1, -0.05) is 0 Å². The van der Waals surface area contributed by atoms with Gasteiger partial charge in [0, 0.05) is 30.4 Å². The highest BCUT2D eigenvalue weighted by Gasteiger charge is 1.96. The molecule has 0 atom stereocenters. The lowest BCUT2D eigenvalue weighted by Gasteiger charge is -2.01. The van der Waals surface area contributed by atoms with Crippen LogP contribution in [0.3, 0.4) is 0 Å². The van der Waals surface area contributed by atoms with Crippen molar-refractivity contribution in [3.63, 3.8) is 0 Å². The first-order valence-electron chi connectivity index (χ1n) is 4.83. The van der Waals surface area contributed by atoms with E-state index < -0.39 is 0 Å². The van der Waals surface area contributed by atoms with Gasteiger partial charge >= 0.3 is 0 Å². The topological polar surface area (TPSA) is 63.1 Å². The van der Waals surface area contributed by atoms with E-state index in [0.717, 1.165) is 11.3 Å². The van der Waals surface area contributed by atoms with E-state index in [-0.39, 0.29) is 0 Å². The molecule has 0 aliphatic carbocycles. The molecule has 0 fully saturated rings. The van der Waals surface area contributed by atoms with E-state index in [4.69, 9.17) is 0 Å². The minimum absolute atomic E-state index is 0.621. The van der Waals surface area contributed by atoms with Crippen LogP contribution in [-0.2, 0) is 0 Å². The summed E-state index contributed by atoms with van der Waals surface area (Å²) in [5.74, 6) is 0.621. The van der Waals surface area contributed by atoms with Gasteiger partial charge in [-0.2, -0.15) is 5.10 Å². The van der Waals surface area contributed by atoms with E-state index in [1.165, 1.54) is 0 Å². The first-order chi connectivity index (χ1) is 7.86. The van der Waals surface area contributed by atoms with Crippen LogP contribution in [0.4, 0.5) is 5.82 Å². The monoisotopic (exact) mass is 213 g/mol. The maximum absolute atomic E-state index is 4.20. The molecular formula is C11H11N5. The van der Waals surface area contributed by atoms with Crippen LogP contribution in [0.5, 0.6) is 0 Å². The van der Waals surface area contributed by atoms with Crippen LogP contribution in [0, 0.1) is 0 Å². The van der Waals surface area contributed by atoms with Gasteiger partial charge in [-0.15, -0.1) is 0 Å². The maximum atomic E-state index is 4.20. The largest absolute Gasteiger partial charge is 0.265 e. The van der Waals surface area contributed by atoms with Crippen LogP contribution in [-0.4, -0.2) is 20.7 Å². The third-order valence-corrected chi connectivity index (χ3v) is 2.00. The minimum atomic E-state index is 0.621. The maximum Gasteiger partial charge on any atom is 0.164 e. The van der Waals surface area contributed by atoms with E-state index in [9.17, 15) is 0 Å². The second-order valence-electron chi connectivity index (χ2n) is 3.14. The quantitative estimate of drug-likeness (QED) is 0.622. The van der Waals surface area contributed by atoms with Gasteiger partial charge in [0.25, 0.3) is 0 Å². The van der Waals surface area contributed by atoms with Crippen molar-refractivity contribution in [1.29, 1.82) is 0 Å². The number of rotatable bonds is 3. The molecule has 2 rings (SSSR count). The third-order valence-electron chi connectivity index (χ3n) is 2.00. The Morgan fingerprint density at radius 2 is 1.94 bits per heavy atom. The van der Waals surface area contributed by atoms with Crippen LogP contribution in [0.1, 0.15) is 12.5 Å². The normalized spacial score (nSPS) is 11.2. The lowest BCUT2D eigenvalue weighted by Crippen LogP contribution is -2.00. The zero-order valence-corrected chi connectivity index (χ0v) is 8.83. The molecule has 0 unspecified atom stereocenters. The van der Waals surface area contributed by atoms with Crippen LogP contribution < -0.4 is 5.43 Å². The number of hydrogen-bond donors (Lipinski definition) is 1. The molecule has 0 spiro atoms. The van der Waals surface area contributed by atoms with E-state index in [0.29, 0.717) is 5.82 Å². The minimum Gasteiger partial charge on any atom is -0.265 e. The Kier molecular flexibility index (Phi) is 3.18. The summed E-state index contributed by atoms with van der Waals surface area (Å²) in [5, 5.41) is 4.20. The molecule has 0 aliphatic heterocycles. The standard InChI is InChI=1S/C11H11N5/c1-9(10-2-4-12-5-3-10)15-16-11-8-13-6-7-14-11/h2-8H,1H3,(H,14,16)/b15-9-. The Hall–Kier alpha value is -2.30. The smallest absolute Gasteiger partial charge is 0.164 e. The Morgan fingerprint density at radius 3 is 2.62 bits per heavy atom. The second-order valence-corrected chi connectivity index (χ2v) is 3.14. The summed E-state index contributed by atoms with van der Waals surface area (Å²) >= 11 is 0. The zero-order chi connectivity index (χ0) is 11.2. The molecule has 16 heavy (non-hydrogen) atoms. The van der Waals surface area contributed by atoms with Gasteiger partial charge in [0.1, 0.15) is 0 Å². The van der Waals surface area contributed by atoms with Gasteiger partial charge in [0.15, 0.2) is 5.82 Å². The summed E-state index contributed by atoms with van der Waals surface area (Å²) in [7, 11) is 0. The highest BCUT2D eigenvalue weighted by atomic mass is 15.3. The summed E-state index contributed by atoms with van der Waals surface area (Å²) in [6.45, 7) is 1.92. The first kappa shape index (κ1) is 10.2. The molecule has 2 aromatic heterocycles. The van der Waals surface area contributed by atoms with Crippen molar-refractivity contribution in [3.05, 3.63) is 48.7 Å². The average Bonchev–Trinajstić information content (AvgIpc) is 2.38. The molecule has 1 N–H and O–H groups in total. The molecule has 2 heterocycles. The molecule has 5 heteroatoms. The fourth-order valence-corrected chi connectivity index (χ4v) is 1.16. The van der Waals surface area contributed by atoms with Gasteiger partial charge in [0.2, 0.25) is 0 Å². The molecule has 0 aromatic carbocycles. The van der Waals surface area contributed by atoms with Crippen molar-refractivity contribution in [3.8, 4) is 0 Å². The highest BCUT2D eigenvalue weighted by Crippen LogP contribution is 2.01. The lowest BCUT2D eigenvalue weighted by molar-refractivity contribution is 1.15. The fourth-order valence-electron chi connectivity index (χ4n) is 1.16. The summed E-state index contributed by atoms with van der Waals surface area (Å²) in [6, 6.07) is 3.80. The number of nitrogens with one attached hydrogen (secondary N) is 1. The molecule has 0 amide bonds. The Labute approximate surface area is 93.3 Å². The van der Waals surface area contributed by atoms with E-state index in [1.54, 1.807) is 31.0 Å². The zero-order valence-electron chi connectivity index (χ0n) is 8.83. The van der Waals surface area contributed by atoms with Gasteiger partial charge < -0.3 is 0 Å². The third kappa shape index (κ3) is 2.60. The summed E-state index contributed by atoms with van der Waals surface area (Å²) < 4.78 is 0. The van der Waals surface area contributed by atoms with E-state index in [1.807, 2.05) is 19.1 Å². The lowest BCUT2D eigenvalue weighted by atomic mass is 10.2. The second kappa shape index (κ2) is 4.97. The van der Waals surface area contributed by atoms with E-state index >= 15 is 0 Å². The number of aromatic nitrogens is 3. The average molecular weight is 213 g/mol. The number of nitrogens with zero attached hydrogens (tertiary/aromatic N) is 4. The number of hydrogen-bond acceptors (Lipinski definition) is 5. The summed E-state index contributed by atoms with van der Waals surface area (Å²) in [4.78, 5) is 11.9. The van der Waals surface area contributed by atoms with Gasteiger partial charge in [-0.05, 0) is 19.1 Å². The molecule has 80 valence electrons. The number of pyridine rings is 1. The van der Waals surface area contributed by atoms with Crippen molar-refractivity contribution in [2.24, 2.45) is 5.10 Å². The van der Waals surface area contributed by atoms with Crippen molar-refractivity contribution >= 4 is 11.5 Å². The van der Waals surface area contributed by atoms with Gasteiger partial charge in [-0.3, -0.25) is 15.4 Å². The number of hydrazone groups is 1. The first-order valence-corrected chi connectivity index (χ1v) is 4.83. The molecule has 5 nitrogen and oxygen atoms in total. The highest BCUT2D eigenvalue weighted by molar-refractivity contribution is 5.98. The Morgan fingerprint density at radius 1 is 1.12 bits per heavy atom. The van der Waals surface area contributed by atoms with Gasteiger partial charge in [-0.25, -0.2) is 4.98 Å². The van der Waals surface area contributed by atoms with Gasteiger partial charge in [0.05, 0.1) is 11.9 Å². The molecule has 0 aliphatic rings. The number of anilines is 1. The van der Waals surface area contributed by atoms with Crippen molar-refractivity contribution in [1.82, 2.24) is 15.0 Å². The molecule has 0 saturated carbocycles. The summed E-state index contributed by atoms with van der Waals surface area (Å²) in [6.07, 6.45) is 8.31. The summed E-state index contributed by atoms with van der Waals surface area (Å²) in [5.41, 5.74) is 4.73. The van der Waals surface area contributed by atoms with Crippen LogP contribution >= 0.6 is 0 Å². The van der Waals surface area contributed by atoms with E-state index in [2.05, 4.69) is 25.5 Å². The Balaban J connectivity index is 2.09.